The van der Waals surface area contributed by atoms with Crippen LogP contribution in [-0.2, 0) is 19.6 Å². The molecule has 28 heavy (non-hydrogen) atoms. The zero-order valence-electron chi connectivity index (χ0n) is 15.2. The molecule has 0 radical (unpaired) electrons. The number of hydrogen-bond acceptors (Lipinski definition) is 3. The Labute approximate surface area is 169 Å². The molecule has 0 unspecified atom stereocenters. The summed E-state index contributed by atoms with van der Waals surface area (Å²) in [6.07, 6.45) is 5.57. The number of benzene rings is 2. The lowest BCUT2D eigenvalue weighted by atomic mass is 10.1. The van der Waals surface area contributed by atoms with Crippen molar-refractivity contribution in [2.45, 2.75) is 19.6 Å². The summed E-state index contributed by atoms with van der Waals surface area (Å²) in [5.41, 5.74) is 3.37. The van der Waals surface area contributed by atoms with Gasteiger partial charge in [0.25, 0.3) is 0 Å². The zero-order chi connectivity index (χ0) is 18.5. The normalized spacial score (nSPS) is 10.6. The minimum Gasteiger partial charge on any atom is -0.460 e. The highest BCUT2D eigenvalue weighted by Crippen LogP contribution is 2.22. The van der Waals surface area contributed by atoms with Gasteiger partial charge in [0, 0.05) is 31.0 Å². The molecule has 4 rings (SSSR count). The maximum atomic E-state index is 13.0. The fraction of sp³-hybridized carbons (Fsp3) is 0.136. The summed E-state index contributed by atoms with van der Waals surface area (Å²) >= 11 is 0. The van der Waals surface area contributed by atoms with E-state index in [4.69, 9.17) is 4.42 Å². The van der Waals surface area contributed by atoms with Gasteiger partial charge in [-0.1, -0.05) is 24.3 Å². The van der Waals surface area contributed by atoms with Crippen molar-refractivity contribution in [2.24, 2.45) is 0 Å². The summed E-state index contributed by atoms with van der Waals surface area (Å²) in [6, 6.07) is 18.5. The molecule has 0 bridgehead atoms. The first-order chi connectivity index (χ1) is 13.3. The Hall–Kier alpha value is -2.89. The average Bonchev–Trinajstić information content (AvgIpc) is 3.36. The van der Waals surface area contributed by atoms with Gasteiger partial charge in [0.15, 0.2) is 0 Å². The van der Waals surface area contributed by atoms with Gasteiger partial charge in [-0.3, -0.25) is 0 Å². The van der Waals surface area contributed by atoms with E-state index in [9.17, 15) is 4.39 Å². The van der Waals surface area contributed by atoms with E-state index in [2.05, 4.69) is 33.1 Å². The Kier molecular flexibility index (Phi) is 6.63. The molecule has 0 aliphatic heterocycles. The van der Waals surface area contributed by atoms with Crippen molar-refractivity contribution >= 4 is 12.4 Å². The molecular weight excluding hydrogens is 377 g/mol. The highest BCUT2D eigenvalue weighted by atomic mass is 35.5. The number of halogens is 2. The molecule has 0 saturated carbocycles. The van der Waals surface area contributed by atoms with E-state index < -0.39 is 0 Å². The van der Waals surface area contributed by atoms with Crippen molar-refractivity contribution in [1.82, 2.24) is 14.9 Å². The van der Waals surface area contributed by atoms with E-state index in [0.29, 0.717) is 6.54 Å². The second kappa shape index (κ2) is 9.35. The quantitative estimate of drug-likeness (QED) is 0.475. The van der Waals surface area contributed by atoms with Gasteiger partial charge in [0.1, 0.15) is 17.3 Å². The van der Waals surface area contributed by atoms with Crippen LogP contribution >= 0.6 is 12.4 Å². The smallest absolute Gasteiger partial charge is 0.134 e. The third kappa shape index (κ3) is 4.88. The van der Waals surface area contributed by atoms with Crippen LogP contribution in [0.5, 0.6) is 0 Å². The predicted molar refractivity (Wildman–Crippen MR) is 110 cm³/mol. The largest absolute Gasteiger partial charge is 0.460 e. The second-order valence-electron chi connectivity index (χ2n) is 6.38. The fourth-order valence-corrected chi connectivity index (χ4v) is 3.02. The van der Waals surface area contributed by atoms with Crippen LogP contribution in [0.15, 0.2) is 83.8 Å². The maximum Gasteiger partial charge on any atom is 0.134 e. The van der Waals surface area contributed by atoms with Crippen LogP contribution in [0, 0.1) is 5.82 Å². The molecule has 2 aromatic heterocycles. The lowest BCUT2D eigenvalue weighted by Gasteiger charge is -2.10. The van der Waals surface area contributed by atoms with Crippen LogP contribution in [0.2, 0.25) is 0 Å². The molecule has 0 aliphatic carbocycles. The number of furan rings is 1. The molecule has 0 spiro atoms. The first kappa shape index (κ1) is 19.9. The highest BCUT2D eigenvalue weighted by Gasteiger charge is 2.06. The number of imidazole rings is 1. The third-order valence-electron chi connectivity index (χ3n) is 4.44. The summed E-state index contributed by atoms with van der Waals surface area (Å²) in [6.45, 7) is 2.17. The molecule has 2 heterocycles. The summed E-state index contributed by atoms with van der Waals surface area (Å²) in [5.74, 6) is 1.34. The van der Waals surface area contributed by atoms with Crippen LogP contribution in [0.25, 0.3) is 11.3 Å². The van der Waals surface area contributed by atoms with Crippen LogP contribution in [0.1, 0.15) is 16.9 Å². The second-order valence-corrected chi connectivity index (χ2v) is 6.38. The first-order valence-corrected chi connectivity index (χ1v) is 8.86. The van der Waals surface area contributed by atoms with Gasteiger partial charge in [-0.05, 0) is 47.5 Å². The standard InChI is InChI=1S/C22H20FN3O.ClH/c23-20-7-5-17(6-8-20)22-10-9-21(27-22)14-25-13-18-3-1-2-4-19(18)15-26-12-11-24-16-26;/h1-12,16,25H,13-15H2;1H. The molecule has 4 aromatic rings. The Bertz CT molecular complexity index is 997. The summed E-state index contributed by atoms with van der Waals surface area (Å²) < 4.78 is 21.0. The van der Waals surface area contributed by atoms with Crippen molar-refractivity contribution in [3.63, 3.8) is 0 Å². The van der Waals surface area contributed by atoms with Gasteiger partial charge in [0.2, 0.25) is 0 Å². The molecule has 0 amide bonds. The highest BCUT2D eigenvalue weighted by molar-refractivity contribution is 5.85. The Morgan fingerprint density at radius 3 is 2.46 bits per heavy atom. The number of nitrogens with one attached hydrogen (secondary N) is 1. The van der Waals surface area contributed by atoms with E-state index in [1.54, 1.807) is 18.3 Å². The summed E-state index contributed by atoms with van der Waals surface area (Å²) in [5, 5.41) is 3.43. The zero-order valence-corrected chi connectivity index (χ0v) is 16.0. The number of aromatic nitrogens is 2. The Morgan fingerprint density at radius 2 is 1.71 bits per heavy atom. The molecule has 2 aromatic carbocycles. The van der Waals surface area contributed by atoms with Gasteiger partial charge in [-0.15, -0.1) is 12.4 Å². The Balaban J connectivity index is 0.00000225. The lowest BCUT2D eigenvalue weighted by Crippen LogP contribution is -2.14. The topological polar surface area (TPSA) is 43.0 Å². The molecule has 0 atom stereocenters. The van der Waals surface area contributed by atoms with Gasteiger partial charge in [-0.2, -0.15) is 0 Å². The molecule has 6 heteroatoms. The average molecular weight is 398 g/mol. The van der Waals surface area contributed by atoms with Crippen LogP contribution in [0.3, 0.4) is 0 Å². The van der Waals surface area contributed by atoms with E-state index >= 15 is 0 Å². The minimum absolute atomic E-state index is 0. The molecule has 144 valence electrons. The fourth-order valence-electron chi connectivity index (χ4n) is 3.02. The summed E-state index contributed by atoms with van der Waals surface area (Å²) in [4.78, 5) is 4.10. The van der Waals surface area contributed by atoms with Crippen molar-refractivity contribution in [3.8, 4) is 11.3 Å². The van der Waals surface area contributed by atoms with Crippen molar-refractivity contribution in [3.05, 3.63) is 102 Å². The first-order valence-electron chi connectivity index (χ1n) is 8.86. The summed E-state index contributed by atoms with van der Waals surface area (Å²) in [7, 11) is 0. The minimum atomic E-state index is -0.249. The van der Waals surface area contributed by atoms with Gasteiger partial charge < -0.3 is 14.3 Å². The molecule has 4 nitrogen and oxygen atoms in total. The molecule has 0 fully saturated rings. The van der Waals surface area contributed by atoms with Crippen molar-refractivity contribution < 1.29 is 8.81 Å². The molecule has 0 saturated heterocycles. The van der Waals surface area contributed by atoms with Crippen molar-refractivity contribution in [2.75, 3.05) is 0 Å². The monoisotopic (exact) mass is 397 g/mol. The van der Waals surface area contributed by atoms with Crippen LogP contribution in [0.4, 0.5) is 4.39 Å². The van der Waals surface area contributed by atoms with Gasteiger partial charge in [-0.25, -0.2) is 9.37 Å². The molecule has 1 N–H and O–H groups in total. The SMILES string of the molecule is Cl.Fc1ccc(-c2ccc(CNCc3ccccc3Cn3ccnc3)o2)cc1. The van der Waals surface area contributed by atoms with E-state index in [0.717, 1.165) is 30.2 Å². The Morgan fingerprint density at radius 1 is 0.929 bits per heavy atom. The van der Waals surface area contributed by atoms with Gasteiger partial charge in [0.05, 0.1) is 12.9 Å². The van der Waals surface area contributed by atoms with E-state index in [1.165, 1.54) is 23.3 Å². The van der Waals surface area contributed by atoms with Crippen molar-refractivity contribution in [1.29, 1.82) is 0 Å². The number of rotatable bonds is 7. The molecular formula is C22H21ClFN3O. The lowest BCUT2D eigenvalue weighted by molar-refractivity contribution is 0.493. The van der Waals surface area contributed by atoms with Crippen LogP contribution in [-0.4, -0.2) is 9.55 Å². The number of nitrogens with zero attached hydrogens (tertiary/aromatic N) is 2. The number of hydrogen-bond donors (Lipinski definition) is 1. The van der Waals surface area contributed by atoms with E-state index in [-0.39, 0.29) is 18.2 Å². The van der Waals surface area contributed by atoms with Crippen LogP contribution < -0.4 is 5.32 Å². The maximum absolute atomic E-state index is 13.0. The predicted octanol–water partition coefficient (Wildman–Crippen LogP) is 5.04. The van der Waals surface area contributed by atoms with E-state index in [1.807, 2.05) is 30.7 Å². The third-order valence-corrected chi connectivity index (χ3v) is 4.44. The van der Waals surface area contributed by atoms with Gasteiger partial charge >= 0.3 is 0 Å². The molecule has 0 aliphatic rings.